The topological polar surface area (TPSA) is 59.5 Å². The zero-order valence-electron chi connectivity index (χ0n) is 10.9. The maximum atomic E-state index is 12.2. The molecule has 0 bridgehead atoms. The van der Waals surface area contributed by atoms with Crippen molar-refractivity contribution >= 4 is 11.9 Å². The molecule has 1 amide bonds. The van der Waals surface area contributed by atoms with Gasteiger partial charge in [-0.2, -0.15) is 0 Å². The first-order chi connectivity index (χ1) is 8.60. The van der Waals surface area contributed by atoms with E-state index in [-0.39, 0.29) is 17.8 Å². The predicted molar refractivity (Wildman–Crippen MR) is 67.0 cm³/mol. The van der Waals surface area contributed by atoms with E-state index in [4.69, 9.17) is 0 Å². The Morgan fingerprint density at radius 3 is 2.72 bits per heavy atom. The van der Waals surface area contributed by atoms with E-state index >= 15 is 0 Å². The minimum absolute atomic E-state index is 0.124. The SMILES string of the molecule is CCN(CC(C)C(=O)OC)C(=O)c1cccnc1. The van der Waals surface area contributed by atoms with Gasteiger partial charge in [0.1, 0.15) is 0 Å². The van der Waals surface area contributed by atoms with E-state index in [2.05, 4.69) is 9.72 Å². The number of carbonyl (C=O) groups excluding carboxylic acids is 2. The third kappa shape index (κ3) is 3.55. The number of methoxy groups -OCH3 is 1. The molecule has 5 nitrogen and oxygen atoms in total. The minimum atomic E-state index is -0.337. The molecule has 0 saturated heterocycles. The van der Waals surface area contributed by atoms with Crippen molar-refractivity contribution in [2.75, 3.05) is 20.2 Å². The molecule has 0 aromatic carbocycles. The maximum absolute atomic E-state index is 12.2. The Kier molecular flexibility index (Phi) is 5.30. The summed E-state index contributed by atoms with van der Waals surface area (Å²) in [6, 6.07) is 3.42. The van der Waals surface area contributed by atoms with Crippen LogP contribution < -0.4 is 0 Å². The molecule has 0 aliphatic heterocycles. The van der Waals surface area contributed by atoms with Crippen LogP contribution in [0.4, 0.5) is 0 Å². The lowest BCUT2D eigenvalue weighted by molar-refractivity contribution is -0.145. The summed E-state index contributed by atoms with van der Waals surface area (Å²) in [5, 5.41) is 0. The van der Waals surface area contributed by atoms with Gasteiger partial charge in [-0.05, 0) is 19.1 Å². The fourth-order valence-corrected chi connectivity index (χ4v) is 1.63. The zero-order valence-corrected chi connectivity index (χ0v) is 10.9. The van der Waals surface area contributed by atoms with E-state index in [1.165, 1.54) is 13.3 Å². The summed E-state index contributed by atoms with van der Waals surface area (Å²) in [6.45, 7) is 4.50. The molecule has 1 atom stereocenters. The molecule has 0 radical (unpaired) electrons. The Labute approximate surface area is 107 Å². The fourth-order valence-electron chi connectivity index (χ4n) is 1.63. The van der Waals surface area contributed by atoms with Gasteiger partial charge in [0.2, 0.25) is 0 Å². The molecule has 0 fully saturated rings. The van der Waals surface area contributed by atoms with Gasteiger partial charge in [0.05, 0.1) is 18.6 Å². The van der Waals surface area contributed by atoms with Gasteiger partial charge in [-0.15, -0.1) is 0 Å². The van der Waals surface area contributed by atoms with Crippen LogP contribution in [0.3, 0.4) is 0 Å². The Morgan fingerprint density at radius 1 is 1.50 bits per heavy atom. The predicted octanol–water partition coefficient (Wildman–Crippen LogP) is 1.35. The van der Waals surface area contributed by atoms with E-state index < -0.39 is 0 Å². The maximum Gasteiger partial charge on any atom is 0.310 e. The standard InChI is InChI=1S/C13H18N2O3/c1-4-15(9-10(2)13(17)18-3)12(16)11-6-5-7-14-8-11/h5-8,10H,4,9H2,1-3H3. The van der Waals surface area contributed by atoms with Gasteiger partial charge in [0, 0.05) is 25.5 Å². The van der Waals surface area contributed by atoms with Crippen LogP contribution >= 0.6 is 0 Å². The van der Waals surface area contributed by atoms with Gasteiger partial charge in [0.15, 0.2) is 0 Å². The molecule has 0 spiro atoms. The van der Waals surface area contributed by atoms with Crippen molar-refractivity contribution in [1.82, 2.24) is 9.88 Å². The van der Waals surface area contributed by atoms with Crippen LogP contribution in [0, 0.1) is 5.92 Å². The van der Waals surface area contributed by atoms with Crippen LogP contribution in [0.1, 0.15) is 24.2 Å². The van der Waals surface area contributed by atoms with Gasteiger partial charge >= 0.3 is 5.97 Å². The first kappa shape index (κ1) is 14.2. The molecule has 1 aromatic rings. The molecule has 0 N–H and O–H groups in total. The van der Waals surface area contributed by atoms with E-state index in [0.717, 1.165) is 0 Å². The van der Waals surface area contributed by atoms with Crippen LogP contribution in [0.15, 0.2) is 24.5 Å². The number of ether oxygens (including phenoxy) is 1. The summed E-state index contributed by atoms with van der Waals surface area (Å²) in [6.07, 6.45) is 3.14. The van der Waals surface area contributed by atoms with Gasteiger partial charge in [0.25, 0.3) is 5.91 Å². The van der Waals surface area contributed by atoms with Crippen molar-refractivity contribution in [3.8, 4) is 0 Å². The highest BCUT2D eigenvalue weighted by molar-refractivity contribution is 5.94. The van der Waals surface area contributed by atoms with Crippen LogP contribution in [-0.2, 0) is 9.53 Å². The number of nitrogens with zero attached hydrogens (tertiary/aromatic N) is 2. The van der Waals surface area contributed by atoms with Gasteiger partial charge in [-0.25, -0.2) is 0 Å². The van der Waals surface area contributed by atoms with Crippen molar-refractivity contribution in [3.05, 3.63) is 30.1 Å². The molecule has 0 aliphatic carbocycles. The summed E-state index contributed by atoms with van der Waals surface area (Å²) >= 11 is 0. The van der Waals surface area contributed by atoms with Crippen molar-refractivity contribution in [2.45, 2.75) is 13.8 Å². The quantitative estimate of drug-likeness (QED) is 0.740. The fraction of sp³-hybridized carbons (Fsp3) is 0.462. The van der Waals surface area contributed by atoms with E-state index in [0.29, 0.717) is 18.7 Å². The van der Waals surface area contributed by atoms with E-state index in [1.54, 1.807) is 30.2 Å². The van der Waals surface area contributed by atoms with Crippen LogP contribution in [-0.4, -0.2) is 42.0 Å². The first-order valence-corrected chi connectivity index (χ1v) is 5.87. The first-order valence-electron chi connectivity index (χ1n) is 5.87. The Balaban J connectivity index is 2.72. The molecule has 98 valence electrons. The zero-order chi connectivity index (χ0) is 13.5. The summed E-state index contributed by atoms with van der Waals surface area (Å²) in [5.41, 5.74) is 0.524. The monoisotopic (exact) mass is 250 g/mol. The van der Waals surface area contributed by atoms with E-state index in [1.807, 2.05) is 6.92 Å². The number of hydrogen-bond acceptors (Lipinski definition) is 4. The number of hydrogen-bond donors (Lipinski definition) is 0. The molecule has 18 heavy (non-hydrogen) atoms. The number of pyridine rings is 1. The number of aromatic nitrogens is 1. The van der Waals surface area contributed by atoms with E-state index in [9.17, 15) is 9.59 Å². The number of rotatable bonds is 5. The normalized spacial score (nSPS) is 11.7. The average Bonchev–Trinajstić information content (AvgIpc) is 2.43. The molecular weight excluding hydrogens is 232 g/mol. The highest BCUT2D eigenvalue weighted by Crippen LogP contribution is 2.07. The second-order valence-electron chi connectivity index (χ2n) is 4.01. The molecular formula is C13H18N2O3. The minimum Gasteiger partial charge on any atom is -0.469 e. The third-order valence-corrected chi connectivity index (χ3v) is 2.68. The van der Waals surface area contributed by atoms with Crippen molar-refractivity contribution in [3.63, 3.8) is 0 Å². The lowest BCUT2D eigenvalue weighted by atomic mass is 10.1. The number of esters is 1. The molecule has 1 unspecified atom stereocenters. The Morgan fingerprint density at radius 2 is 2.22 bits per heavy atom. The number of amides is 1. The summed E-state index contributed by atoms with van der Waals surface area (Å²) in [5.74, 6) is -0.774. The molecule has 5 heteroatoms. The summed E-state index contributed by atoms with van der Waals surface area (Å²) < 4.78 is 4.65. The van der Waals surface area contributed by atoms with Crippen LogP contribution in [0.5, 0.6) is 0 Å². The third-order valence-electron chi connectivity index (χ3n) is 2.68. The molecule has 1 aromatic heterocycles. The lowest BCUT2D eigenvalue weighted by Gasteiger charge is -2.23. The van der Waals surface area contributed by atoms with Gasteiger partial charge in [-0.1, -0.05) is 6.92 Å². The van der Waals surface area contributed by atoms with Gasteiger partial charge < -0.3 is 9.64 Å². The average molecular weight is 250 g/mol. The second-order valence-corrected chi connectivity index (χ2v) is 4.01. The van der Waals surface area contributed by atoms with Crippen molar-refractivity contribution < 1.29 is 14.3 Å². The molecule has 0 saturated carbocycles. The smallest absolute Gasteiger partial charge is 0.310 e. The van der Waals surface area contributed by atoms with Crippen LogP contribution in [0.2, 0.25) is 0 Å². The highest BCUT2D eigenvalue weighted by Gasteiger charge is 2.21. The molecule has 1 heterocycles. The summed E-state index contributed by atoms with van der Waals surface area (Å²) in [4.78, 5) is 29.0. The molecule has 0 aliphatic rings. The summed E-state index contributed by atoms with van der Waals surface area (Å²) in [7, 11) is 1.35. The van der Waals surface area contributed by atoms with Crippen molar-refractivity contribution in [2.24, 2.45) is 5.92 Å². The largest absolute Gasteiger partial charge is 0.469 e. The Bertz CT molecular complexity index is 406. The van der Waals surface area contributed by atoms with Crippen LogP contribution in [0.25, 0.3) is 0 Å². The second kappa shape index (κ2) is 6.74. The molecule has 1 rings (SSSR count). The number of carbonyl (C=O) groups is 2. The van der Waals surface area contributed by atoms with Crippen molar-refractivity contribution in [1.29, 1.82) is 0 Å². The Hall–Kier alpha value is -1.91. The van der Waals surface area contributed by atoms with Gasteiger partial charge in [-0.3, -0.25) is 14.6 Å². The highest BCUT2D eigenvalue weighted by atomic mass is 16.5. The lowest BCUT2D eigenvalue weighted by Crippen LogP contribution is -2.37.